The topological polar surface area (TPSA) is 66.5 Å². The molecule has 0 amide bonds. The Labute approximate surface area is 117 Å². The maximum Gasteiger partial charge on any atom is 0.255 e. The maximum atomic E-state index is 9.24. The molecule has 1 N–H and O–H groups in total. The Hall–Kier alpha value is -1.40. The van der Waals surface area contributed by atoms with Crippen LogP contribution in [-0.2, 0) is 0 Å². The van der Waals surface area contributed by atoms with Crippen molar-refractivity contribution in [2.24, 2.45) is 0 Å². The van der Waals surface area contributed by atoms with E-state index in [1.54, 1.807) is 4.52 Å². The number of aromatic nitrogens is 4. The fraction of sp³-hybridized carbons (Fsp3) is 0.583. The van der Waals surface area contributed by atoms with Crippen LogP contribution in [0.15, 0.2) is 6.33 Å². The van der Waals surface area contributed by atoms with Crippen LogP contribution < -0.4 is 4.90 Å². The van der Waals surface area contributed by atoms with Crippen LogP contribution in [0, 0.1) is 6.92 Å². The number of rotatable bonds is 6. The molecule has 6 nitrogen and oxygen atoms in total. The number of nitrogens with zero attached hydrogens (tertiary/aromatic N) is 5. The number of hydrogen-bond donors (Lipinski definition) is 1. The molecule has 2 aromatic heterocycles. The molecule has 19 heavy (non-hydrogen) atoms. The molecule has 0 bridgehead atoms. The van der Waals surface area contributed by atoms with Gasteiger partial charge in [-0.15, -0.1) is 0 Å². The van der Waals surface area contributed by atoms with E-state index in [9.17, 15) is 5.11 Å². The summed E-state index contributed by atoms with van der Waals surface area (Å²) in [4.78, 5) is 10.3. The van der Waals surface area contributed by atoms with E-state index in [1.807, 2.05) is 6.92 Å². The van der Waals surface area contributed by atoms with Gasteiger partial charge in [0.25, 0.3) is 5.78 Å². The summed E-state index contributed by atoms with van der Waals surface area (Å²) in [6.45, 7) is 5.50. The van der Waals surface area contributed by atoms with Crippen molar-refractivity contribution in [2.45, 2.75) is 26.7 Å². The second kappa shape index (κ2) is 6.16. The molecule has 0 unspecified atom stereocenters. The molecule has 2 aromatic rings. The van der Waals surface area contributed by atoms with Crippen LogP contribution in [0.1, 0.15) is 25.3 Å². The summed E-state index contributed by atoms with van der Waals surface area (Å²) in [5.74, 6) is 1.33. The maximum absolute atomic E-state index is 9.24. The number of fused-ring (bicyclic) bond motifs is 1. The van der Waals surface area contributed by atoms with Gasteiger partial charge in [0.05, 0.1) is 6.61 Å². The Morgan fingerprint density at radius 1 is 1.42 bits per heavy atom. The molecular formula is C12H18ClN5O. The van der Waals surface area contributed by atoms with Gasteiger partial charge in [0.2, 0.25) is 0 Å². The lowest BCUT2D eigenvalue weighted by Gasteiger charge is -2.25. The first-order valence-corrected chi connectivity index (χ1v) is 6.78. The van der Waals surface area contributed by atoms with E-state index in [0.717, 1.165) is 30.8 Å². The number of unbranched alkanes of at least 4 members (excludes halogenated alkanes) is 1. The molecule has 0 saturated heterocycles. The lowest BCUT2D eigenvalue weighted by Crippen LogP contribution is -2.30. The second-order valence-corrected chi connectivity index (χ2v) is 4.75. The van der Waals surface area contributed by atoms with Crippen LogP contribution in [0.4, 0.5) is 5.82 Å². The summed E-state index contributed by atoms with van der Waals surface area (Å²) in [6.07, 6.45) is 3.58. The number of aliphatic hydroxyl groups excluding tert-OH is 1. The zero-order valence-corrected chi connectivity index (χ0v) is 11.9. The minimum atomic E-state index is 0.0826. The van der Waals surface area contributed by atoms with E-state index >= 15 is 0 Å². The van der Waals surface area contributed by atoms with Crippen molar-refractivity contribution in [3.05, 3.63) is 17.0 Å². The third-order valence-electron chi connectivity index (χ3n) is 3.02. The smallest absolute Gasteiger partial charge is 0.255 e. The van der Waals surface area contributed by atoms with Crippen LogP contribution in [-0.4, -0.2) is 44.4 Å². The summed E-state index contributed by atoms with van der Waals surface area (Å²) in [7, 11) is 0. The second-order valence-electron chi connectivity index (χ2n) is 4.39. The highest BCUT2D eigenvalue weighted by molar-refractivity contribution is 6.30. The first-order valence-electron chi connectivity index (χ1n) is 6.40. The third-order valence-corrected chi connectivity index (χ3v) is 3.39. The zero-order valence-electron chi connectivity index (χ0n) is 11.2. The van der Waals surface area contributed by atoms with Gasteiger partial charge >= 0.3 is 0 Å². The molecule has 104 valence electrons. The zero-order chi connectivity index (χ0) is 13.8. The van der Waals surface area contributed by atoms with E-state index in [2.05, 4.69) is 26.9 Å². The Morgan fingerprint density at radius 3 is 2.89 bits per heavy atom. The minimum Gasteiger partial charge on any atom is -0.395 e. The van der Waals surface area contributed by atoms with Crippen LogP contribution in [0.5, 0.6) is 0 Å². The van der Waals surface area contributed by atoms with Crippen LogP contribution >= 0.6 is 11.6 Å². The van der Waals surface area contributed by atoms with Gasteiger partial charge in [-0.25, -0.2) is 0 Å². The largest absolute Gasteiger partial charge is 0.395 e. The van der Waals surface area contributed by atoms with Crippen molar-refractivity contribution in [1.82, 2.24) is 19.6 Å². The molecule has 0 saturated carbocycles. The van der Waals surface area contributed by atoms with E-state index in [-0.39, 0.29) is 6.61 Å². The van der Waals surface area contributed by atoms with E-state index in [4.69, 9.17) is 11.6 Å². The van der Waals surface area contributed by atoms with Crippen molar-refractivity contribution in [3.8, 4) is 0 Å². The van der Waals surface area contributed by atoms with Gasteiger partial charge in [0.15, 0.2) is 0 Å². The minimum absolute atomic E-state index is 0.0826. The molecule has 0 radical (unpaired) electrons. The monoisotopic (exact) mass is 283 g/mol. The predicted octanol–water partition coefficient (Wildman–Crippen LogP) is 1.68. The highest BCUT2D eigenvalue weighted by Crippen LogP contribution is 2.25. The van der Waals surface area contributed by atoms with Gasteiger partial charge in [-0.2, -0.15) is 19.6 Å². The standard InChI is InChI=1S/C12H18ClN5O/c1-3-4-5-17(6-7-19)11-9(2)10(13)16-12-14-8-15-18(11)12/h8,19H,3-7H2,1-2H3. The molecule has 0 aromatic carbocycles. The fourth-order valence-electron chi connectivity index (χ4n) is 2.05. The molecule has 7 heteroatoms. The highest BCUT2D eigenvalue weighted by Gasteiger charge is 2.17. The van der Waals surface area contributed by atoms with E-state index < -0.39 is 0 Å². The molecule has 0 fully saturated rings. The van der Waals surface area contributed by atoms with E-state index in [1.165, 1.54) is 6.33 Å². The molecule has 2 heterocycles. The van der Waals surface area contributed by atoms with Crippen molar-refractivity contribution >= 4 is 23.2 Å². The normalized spacial score (nSPS) is 11.2. The fourth-order valence-corrected chi connectivity index (χ4v) is 2.21. The molecule has 0 aliphatic carbocycles. The van der Waals surface area contributed by atoms with Crippen molar-refractivity contribution in [2.75, 3.05) is 24.6 Å². The first-order chi connectivity index (χ1) is 9.19. The Kier molecular flexibility index (Phi) is 4.55. The van der Waals surface area contributed by atoms with Crippen molar-refractivity contribution in [3.63, 3.8) is 0 Å². The molecule has 0 aliphatic rings. The Balaban J connectivity index is 2.49. The molecule has 0 aliphatic heterocycles. The molecule has 2 rings (SSSR count). The van der Waals surface area contributed by atoms with Crippen LogP contribution in [0.2, 0.25) is 5.15 Å². The van der Waals surface area contributed by atoms with E-state index in [0.29, 0.717) is 17.5 Å². The average molecular weight is 284 g/mol. The Bertz CT molecular complexity index is 556. The van der Waals surface area contributed by atoms with Crippen LogP contribution in [0.25, 0.3) is 5.78 Å². The lowest BCUT2D eigenvalue weighted by molar-refractivity contribution is 0.301. The van der Waals surface area contributed by atoms with Gasteiger partial charge in [-0.1, -0.05) is 24.9 Å². The van der Waals surface area contributed by atoms with Gasteiger partial charge in [0, 0.05) is 18.7 Å². The number of anilines is 1. The summed E-state index contributed by atoms with van der Waals surface area (Å²) in [6, 6.07) is 0. The Morgan fingerprint density at radius 2 is 2.21 bits per heavy atom. The summed E-state index contributed by atoms with van der Waals surface area (Å²) < 4.78 is 1.67. The van der Waals surface area contributed by atoms with Gasteiger partial charge < -0.3 is 10.0 Å². The number of halogens is 1. The molecule has 0 spiro atoms. The average Bonchev–Trinajstić information content (AvgIpc) is 2.84. The summed E-state index contributed by atoms with van der Waals surface area (Å²) >= 11 is 6.15. The number of aliphatic hydroxyl groups is 1. The quantitative estimate of drug-likeness (QED) is 0.817. The summed E-state index contributed by atoms with van der Waals surface area (Å²) in [5, 5.41) is 13.9. The summed E-state index contributed by atoms with van der Waals surface area (Å²) in [5.41, 5.74) is 0.851. The van der Waals surface area contributed by atoms with Gasteiger partial charge in [0.1, 0.15) is 17.3 Å². The predicted molar refractivity (Wildman–Crippen MR) is 74.7 cm³/mol. The first kappa shape index (κ1) is 14.0. The molecular weight excluding hydrogens is 266 g/mol. The highest BCUT2D eigenvalue weighted by atomic mass is 35.5. The van der Waals surface area contributed by atoms with Crippen molar-refractivity contribution in [1.29, 1.82) is 0 Å². The molecule has 0 atom stereocenters. The number of hydrogen-bond acceptors (Lipinski definition) is 5. The lowest BCUT2D eigenvalue weighted by atomic mass is 10.2. The van der Waals surface area contributed by atoms with Crippen molar-refractivity contribution < 1.29 is 5.11 Å². The van der Waals surface area contributed by atoms with Gasteiger partial charge in [-0.3, -0.25) is 0 Å². The van der Waals surface area contributed by atoms with Crippen LogP contribution in [0.3, 0.4) is 0 Å². The van der Waals surface area contributed by atoms with Gasteiger partial charge in [-0.05, 0) is 13.3 Å². The SMILES string of the molecule is CCCCN(CCO)c1c(C)c(Cl)nc2ncnn12. The third kappa shape index (κ3) is 2.79.